The van der Waals surface area contributed by atoms with Crippen LogP contribution in [0, 0.1) is 6.92 Å². The predicted molar refractivity (Wildman–Crippen MR) is 101 cm³/mol. The minimum atomic E-state index is 0.664. The van der Waals surface area contributed by atoms with Gasteiger partial charge in [-0.2, -0.15) is 14.6 Å². The van der Waals surface area contributed by atoms with Gasteiger partial charge in [-0.25, -0.2) is 4.98 Å². The Kier molecular flexibility index (Phi) is 4.71. The molecule has 0 radical (unpaired) electrons. The smallest absolute Gasteiger partial charge is 0.254 e. The molecule has 3 aromatic rings. The zero-order valence-electron chi connectivity index (χ0n) is 15.3. The van der Waals surface area contributed by atoms with Crippen molar-refractivity contribution in [3.8, 4) is 5.75 Å². The van der Waals surface area contributed by atoms with Gasteiger partial charge in [0.2, 0.25) is 0 Å². The number of hydrogen-bond donors (Lipinski definition) is 0. The van der Waals surface area contributed by atoms with Crippen molar-refractivity contribution in [1.82, 2.24) is 24.5 Å². The summed E-state index contributed by atoms with van der Waals surface area (Å²) in [6.45, 7) is 9.65. The number of benzene rings is 1. The number of fused-ring (bicyclic) bond motifs is 1. The molecule has 7 heteroatoms. The Labute approximate surface area is 153 Å². The van der Waals surface area contributed by atoms with Gasteiger partial charge in [0.1, 0.15) is 17.9 Å². The minimum Gasteiger partial charge on any atom is -0.494 e. The number of aromatic nitrogens is 4. The van der Waals surface area contributed by atoms with E-state index in [1.807, 2.05) is 18.4 Å². The first-order valence-corrected chi connectivity index (χ1v) is 9.09. The molecule has 1 aromatic carbocycles. The monoisotopic (exact) mass is 352 g/mol. The van der Waals surface area contributed by atoms with Crippen molar-refractivity contribution in [1.29, 1.82) is 0 Å². The molecule has 1 aliphatic heterocycles. The van der Waals surface area contributed by atoms with Gasteiger partial charge in [0, 0.05) is 44.5 Å². The molecule has 1 saturated heterocycles. The van der Waals surface area contributed by atoms with Crippen LogP contribution in [0.5, 0.6) is 5.75 Å². The van der Waals surface area contributed by atoms with Crippen molar-refractivity contribution in [2.75, 3.05) is 37.7 Å². The van der Waals surface area contributed by atoms with E-state index in [0.29, 0.717) is 12.4 Å². The van der Waals surface area contributed by atoms with E-state index in [1.165, 1.54) is 5.56 Å². The average Bonchev–Trinajstić information content (AvgIpc) is 3.12. The fraction of sp³-hybridized carbons (Fsp3) is 0.421. The quantitative estimate of drug-likeness (QED) is 0.701. The van der Waals surface area contributed by atoms with Crippen LogP contribution in [-0.4, -0.2) is 57.3 Å². The SMILES string of the molecule is CCOc1ccc(CN2CCN(c3cc(C)nc4ncnn34)CC2)cc1. The topological polar surface area (TPSA) is 58.8 Å². The van der Waals surface area contributed by atoms with E-state index in [2.05, 4.69) is 55.2 Å². The third-order valence-corrected chi connectivity index (χ3v) is 4.70. The Morgan fingerprint density at radius 3 is 2.58 bits per heavy atom. The number of aryl methyl sites for hydroxylation is 1. The highest BCUT2D eigenvalue weighted by molar-refractivity contribution is 5.47. The van der Waals surface area contributed by atoms with E-state index in [-0.39, 0.29) is 0 Å². The van der Waals surface area contributed by atoms with E-state index in [4.69, 9.17) is 4.74 Å². The molecule has 0 bridgehead atoms. The summed E-state index contributed by atoms with van der Waals surface area (Å²) in [5.74, 6) is 2.67. The third-order valence-electron chi connectivity index (χ3n) is 4.70. The van der Waals surface area contributed by atoms with Crippen LogP contribution < -0.4 is 9.64 Å². The lowest BCUT2D eigenvalue weighted by Crippen LogP contribution is -2.46. The number of nitrogens with zero attached hydrogens (tertiary/aromatic N) is 6. The zero-order chi connectivity index (χ0) is 17.9. The zero-order valence-corrected chi connectivity index (χ0v) is 15.3. The standard InChI is InChI=1S/C19H24N6O/c1-3-26-17-6-4-16(5-7-17)13-23-8-10-24(11-9-23)18-12-15(2)22-19-20-14-21-25(18)19/h4-7,12,14H,3,8-11,13H2,1-2H3. The van der Waals surface area contributed by atoms with Gasteiger partial charge in [0.15, 0.2) is 0 Å². The first-order chi connectivity index (χ1) is 12.7. The molecule has 0 amide bonds. The van der Waals surface area contributed by atoms with Crippen molar-refractivity contribution in [2.45, 2.75) is 20.4 Å². The first-order valence-electron chi connectivity index (χ1n) is 9.09. The van der Waals surface area contributed by atoms with Gasteiger partial charge in [-0.1, -0.05) is 12.1 Å². The summed E-state index contributed by atoms with van der Waals surface area (Å²) >= 11 is 0. The van der Waals surface area contributed by atoms with Gasteiger partial charge >= 0.3 is 0 Å². The van der Waals surface area contributed by atoms with Crippen LogP contribution in [0.2, 0.25) is 0 Å². The second-order valence-corrected chi connectivity index (χ2v) is 6.57. The molecule has 3 heterocycles. The maximum atomic E-state index is 5.51. The average molecular weight is 352 g/mol. The van der Waals surface area contributed by atoms with E-state index in [1.54, 1.807) is 6.33 Å². The molecular formula is C19H24N6O. The van der Waals surface area contributed by atoms with Crippen molar-refractivity contribution in [2.24, 2.45) is 0 Å². The lowest BCUT2D eigenvalue weighted by Gasteiger charge is -2.36. The number of rotatable bonds is 5. The van der Waals surface area contributed by atoms with E-state index in [0.717, 1.165) is 50.0 Å². The van der Waals surface area contributed by atoms with Gasteiger partial charge in [-0.3, -0.25) is 4.90 Å². The Bertz CT molecular complexity index is 867. The van der Waals surface area contributed by atoms with Crippen LogP contribution >= 0.6 is 0 Å². The predicted octanol–water partition coefficient (Wildman–Crippen LogP) is 2.15. The summed E-state index contributed by atoms with van der Waals surface area (Å²) in [6.07, 6.45) is 1.56. The van der Waals surface area contributed by atoms with Gasteiger partial charge in [0.25, 0.3) is 5.78 Å². The summed E-state index contributed by atoms with van der Waals surface area (Å²) in [5.41, 5.74) is 2.29. The fourth-order valence-corrected chi connectivity index (χ4v) is 3.39. The summed E-state index contributed by atoms with van der Waals surface area (Å²) < 4.78 is 7.34. The summed E-state index contributed by atoms with van der Waals surface area (Å²) in [4.78, 5) is 13.5. The fourth-order valence-electron chi connectivity index (χ4n) is 3.39. The summed E-state index contributed by atoms with van der Waals surface area (Å²) in [5, 5.41) is 4.32. The molecule has 1 fully saturated rings. The van der Waals surface area contributed by atoms with Crippen LogP contribution in [0.4, 0.5) is 5.82 Å². The van der Waals surface area contributed by atoms with Crippen molar-refractivity contribution < 1.29 is 4.74 Å². The Hall–Kier alpha value is -2.67. The number of ether oxygens (including phenoxy) is 1. The lowest BCUT2D eigenvalue weighted by atomic mass is 10.2. The molecule has 136 valence electrons. The van der Waals surface area contributed by atoms with E-state index < -0.39 is 0 Å². The molecule has 0 saturated carbocycles. The number of piperazine rings is 1. The van der Waals surface area contributed by atoms with Gasteiger partial charge in [0.05, 0.1) is 6.61 Å². The molecule has 0 N–H and O–H groups in total. The second-order valence-electron chi connectivity index (χ2n) is 6.57. The highest BCUT2D eigenvalue weighted by atomic mass is 16.5. The molecule has 4 rings (SSSR count). The van der Waals surface area contributed by atoms with E-state index >= 15 is 0 Å². The normalized spacial score (nSPS) is 15.5. The second kappa shape index (κ2) is 7.29. The maximum Gasteiger partial charge on any atom is 0.254 e. The van der Waals surface area contributed by atoms with Gasteiger partial charge in [-0.05, 0) is 31.5 Å². The molecular weight excluding hydrogens is 328 g/mol. The molecule has 1 aliphatic rings. The van der Waals surface area contributed by atoms with Crippen LogP contribution in [0.25, 0.3) is 5.78 Å². The molecule has 7 nitrogen and oxygen atoms in total. The van der Waals surface area contributed by atoms with Gasteiger partial charge in [-0.15, -0.1) is 0 Å². The molecule has 0 spiro atoms. The van der Waals surface area contributed by atoms with Crippen molar-refractivity contribution in [3.05, 3.63) is 47.9 Å². The van der Waals surface area contributed by atoms with Crippen LogP contribution in [0.3, 0.4) is 0 Å². The number of anilines is 1. The Morgan fingerprint density at radius 1 is 1.08 bits per heavy atom. The Balaban J connectivity index is 1.40. The molecule has 0 atom stereocenters. The van der Waals surface area contributed by atoms with Crippen LogP contribution in [-0.2, 0) is 6.54 Å². The first kappa shape index (κ1) is 16.8. The van der Waals surface area contributed by atoms with E-state index in [9.17, 15) is 0 Å². The van der Waals surface area contributed by atoms with Crippen molar-refractivity contribution in [3.63, 3.8) is 0 Å². The number of hydrogen-bond acceptors (Lipinski definition) is 6. The van der Waals surface area contributed by atoms with Gasteiger partial charge < -0.3 is 9.64 Å². The summed E-state index contributed by atoms with van der Waals surface area (Å²) in [7, 11) is 0. The van der Waals surface area contributed by atoms with Crippen molar-refractivity contribution >= 4 is 11.6 Å². The molecule has 0 unspecified atom stereocenters. The summed E-state index contributed by atoms with van der Waals surface area (Å²) in [6, 6.07) is 10.5. The highest BCUT2D eigenvalue weighted by Crippen LogP contribution is 2.19. The third kappa shape index (κ3) is 3.48. The Morgan fingerprint density at radius 2 is 1.85 bits per heavy atom. The van der Waals surface area contributed by atoms with Crippen LogP contribution in [0.1, 0.15) is 18.2 Å². The molecule has 26 heavy (non-hydrogen) atoms. The largest absolute Gasteiger partial charge is 0.494 e. The lowest BCUT2D eigenvalue weighted by molar-refractivity contribution is 0.249. The maximum absolute atomic E-state index is 5.51. The van der Waals surface area contributed by atoms with Crippen LogP contribution in [0.15, 0.2) is 36.7 Å². The molecule has 0 aliphatic carbocycles. The minimum absolute atomic E-state index is 0.664. The highest BCUT2D eigenvalue weighted by Gasteiger charge is 2.20. The molecule has 2 aromatic heterocycles.